The van der Waals surface area contributed by atoms with Crippen molar-refractivity contribution in [2.45, 2.75) is 38.6 Å². The van der Waals surface area contributed by atoms with E-state index in [2.05, 4.69) is 22.1 Å². The van der Waals surface area contributed by atoms with Crippen LogP contribution in [0, 0.1) is 5.82 Å². The van der Waals surface area contributed by atoms with E-state index in [1.54, 1.807) is 6.07 Å². The molecule has 0 radical (unpaired) electrons. The fourth-order valence-corrected chi connectivity index (χ4v) is 2.50. The molecule has 1 saturated heterocycles. The van der Waals surface area contributed by atoms with Crippen molar-refractivity contribution in [3.8, 4) is 0 Å². The monoisotopic (exact) mass is 251 g/mol. The molecule has 1 unspecified atom stereocenters. The van der Waals surface area contributed by atoms with Gasteiger partial charge in [-0.1, -0.05) is 6.92 Å². The van der Waals surface area contributed by atoms with E-state index in [1.165, 1.54) is 31.5 Å². The minimum absolute atomic E-state index is 0.267. The standard InChI is InChI=1S/C14H22FN3/c1-2-8-16-11-13-5-3-4-9-18(13)14-7-6-12(15)10-17-14/h6-7,10,13,16H,2-5,8-9,11H2,1H3. The summed E-state index contributed by atoms with van der Waals surface area (Å²) < 4.78 is 12.9. The average Bonchev–Trinajstić information content (AvgIpc) is 2.41. The second-order valence-corrected chi connectivity index (χ2v) is 4.88. The summed E-state index contributed by atoms with van der Waals surface area (Å²) in [4.78, 5) is 6.51. The van der Waals surface area contributed by atoms with Crippen LogP contribution in [0.3, 0.4) is 0 Å². The van der Waals surface area contributed by atoms with Crippen molar-refractivity contribution in [3.05, 3.63) is 24.1 Å². The van der Waals surface area contributed by atoms with Gasteiger partial charge in [0.1, 0.15) is 11.6 Å². The maximum Gasteiger partial charge on any atom is 0.141 e. The lowest BCUT2D eigenvalue weighted by Crippen LogP contribution is -2.46. The number of nitrogens with one attached hydrogen (secondary N) is 1. The van der Waals surface area contributed by atoms with Gasteiger partial charge in [0.15, 0.2) is 0 Å². The number of pyridine rings is 1. The van der Waals surface area contributed by atoms with Crippen molar-refractivity contribution in [1.29, 1.82) is 0 Å². The molecule has 0 spiro atoms. The highest BCUT2D eigenvalue weighted by Crippen LogP contribution is 2.22. The van der Waals surface area contributed by atoms with Gasteiger partial charge in [-0.3, -0.25) is 0 Å². The topological polar surface area (TPSA) is 28.2 Å². The minimum Gasteiger partial charge on any atom is -0.352 e. The van der Waals surface area contributed by atoms with Gasteiger partial charge in [0.05, 0.1) is 6.20 Å². The number of nitrogens with zero attached hydrogens (tertiary/aromatic N) is 2. The first-order valence-electron chi connectivity index (χ1n) is 6.90. The maximum atomic E-state index is 12.9. The molecule has 1 atom stereocenters. The third-order valence-electron chi connectivity index (χ3n) is 3.44. The van der Waals surface area contributed by atoms with Gasteiger partial charge < -0.3 is 10.2 Å². The molecule has 1 aromatic heterocycles. The highest BCUT2D eigenvalue weighted by molar-refractivity contribution is 5.40. The van der Waals surface area contributed by atoms with Crippen molar-refractivity contribution < 1.29 is 4.39 Å². The highest BCUT2D eigenvalue weighted by Gasteiger charge is 2.22. The van der Waals surface area contributed by atoms with Crippen LogP contribution in [-0.4, -0.2) is 30.7 Å². The summed E-state index contributed by atoms with van der Waals surface area (Å²) in [5.41, 5.74) is 0. The molecule has 18 heavy (non-hydrogen) atoms. The Morgan fingerprint density at radius 1 is 1.44 bits per heavy atom. The van der Waals surface area contributed by atoms with Crippen molar-refractivity contribution in [1.82, 2.24) is 10.3 Å². The minimum atomic E-state index is -0.267. The molecule has 0 amide bonds. The third-order valence-corrected chi connectivity index (χ3v) is 3.44. The zero-order valence-corrected chi connectivity index (χ0v) is 11.0. The summed E-state index contributed by atoms with van der Waals surface area (Å²) in [7, 11) is 0. The first kappa shape index (κ1) is 13.3. The summed E-state index contributed by atoms with van der Waals surface area (Å²) in [6.45, 7) is 5.25. The van der Waals surface area contributed by atoms with Crippen molar-refractivity contribution in [3.63, 3.8) is 0 Å². The molecule has 0 bridgehead atoms. The summed E-state index contributed by atoms with van der Waals surface area (Å²) in [6, 6.07) is 3.77. The fourth-order valence-electron chi connectivity index (χ4n) is 2.50. The van der Waals surface area contributed by atoms with Crippen molar-refractivity contribution in [2.24, 2.45) is 0 Å². The van der Waals surface area contributed by atoms with Gasteiger partial charge in [-0.2, -0.15) is 0 Å². The van der Waals surface area contributed by atoms with E-state index in [-0.39, 0.29) is 5.82 Å². The molecule has 4 heteroatoms. The second-order valence-electron chi connectivity index (χ2n) is 4.88. The molecule has 1 N–H and O–H groups in total. The van der Waals surface area contributed by atoms with Gasteiger partial charge in [-0.05, 0) is 44.4 Å². The summed E-state index contributed by atoms with van der Waals surface area (Å²) in [6.07, 6.45) is 6.12. The van der Waals surface area contributed by atoms with Gasteiger partial charge in [0.25, 0.3) is 0 Å². The quantitative estimate of drug-likeness (QED) is 0.815. The molecule has 0 aromatic carbocycles. The van der Waals surface area contributed by atoms with E-state index in [0.29, 0.717) is 6.04 Å². The summed E-state index contributed by atoms with van der Waals surface area (Å²) >= 11 is 0. The SMILES string of the molecule is CCCNCC1CCCCN1c1ccc(F)cn1. The van der Waals surface area contributed by atoms with Crippen LogP contribution >= 0.6 is 0 Å². The number of anilines is 1. The molecule has 1 aliphatic rings. The Morgan fingerprint density at radius 3 is 3.06 bits per heavy atom. The third kappa shape index (κ3) is 3.42. The first-order valence-corrected chi connectivity index (χ1v) is 6.90. The Balaban J connectivity index is 2.00. The zero-order chi connectivity index (χ0) is 12.8. The van der Waals surface area contributed by atoms with Crippen LogP contribution in [0.25, 0.3) is 0 Å². The molecule has 100 valence electrons. The molecule has 1 aromatic rings. The molecular weight excluding hydrogens is 229 g/mol. The van der Waals surface area contributed by atoms with Gasteiger partial charge in [-0.15, -0.1) is 0 Å². The number of hydrogen-bond acceptors (Lipinski definition) is 3. The maximum absolute atomic E-state index is 12.9. The number of hydrogen-bond donors (Lipinski definition) is 1. The number of aromatic nitrogens is 1. The van der Waals surface area contributed by atoms with Crippen LogP contribution < -0.4 is 10.2 Å². The number of piperidine rings is 1. The molecule has 3 nitrogen and oxygen atoms in total. The Hall–Kier alpha value is -1.16. The normalized spacial score (nSPS) is 20.1. The molecule has 1 aliphatic heterocycles. The van der Waals surface area contributed by atoms with Gasteiger partial charge in [0, 0.05) is 19.1 Å². The lowest BCUT2D eigenvalue weighted by Gasteiger charge is -2.36. The molecule has 0 saturated carbocycles. The van der Waals surface area contributed by atoms with Crippen LogP contribution in [0.2, 0.25) is 0 Å². The van der Waals surface area contributed by atoms with Crippen molar-refractivity contribution >= 4 is 5.82 Å². The second kappa shape index (κ2) is 6.69. The van der Waals surface area contributed by atoms with Gasteiger partial charge in [-0.25, -0.2) is 9.37 Å². The predicted octanol–water partition coefficient (Wildman–Crippen LogP) is 2.58. The molecule has 1 fully saturated rings. The summed E-state index contributed by atoms with van der Waals surface area (Å²) in [5.74, 6) is 0.635. The van der Waals surface area contributed by atoms with E-state index in [1.807, 2.05) is 0 Å². The summed E-state index contributed by atoms with van der Waals surface area (Å²) in [5, 5.41) is 3.47. The van der Waals surface area contributed by atoms with Crippen LogP contribution in [0.5, 0.6) is 0 Å². The van der Waals surface area contributed by atoms with Gasteiger partial charge >= 0.3 is 0 Å². The van der Waals surface area contributed by atoms with E-state index in [9.17, 15) is 4.39 Å². The smallest absolute Gasteiger partial charge is 0.141 e. The molecule has 2 heterocycles. The van der Waals surface area contributed by atoms with Crippen LogP contribution in [0.1, 0.15) is 32.6 Å². The van der Waals surface area contributed by atoms with E-state index in [0.717, 1.165) is 31.9 Å². The Bertz CT molecular complexity index is 353. The molecule has 0 aliphatic carbocycles. The van der Waals surface area contributed by atoms with E-state index >= 15 is 0 Å². The van der Waals surface area contributed by atoms with Gasteiger partial charge in [0.2, 0.25) is 0 Å². The molecule has 2 rings (SSSR count). The predicted molar refractivity (Wildman–Crippen MR) is 72.3 cm³/mol. The number of halogens is 1. The lowest BCUT2D eigenvalue weighted by molar-refractivity contribution is 0.432. The molecular formula is C14H22FN3. The highest BCUT2D eigenvalue weighted by atomic mass is 19.1. The zero-order valence-electron chi connectivity index (χ0n) is 11.0. The number of rotatable bonds is 5. The Kier molecular flexibility index (Phi) is 4.93. The van der Waals surface area contributed by atoms with E-state index in [4.69, 9.17) is 0 Å². The van der Waals surface area contributed by atoms with Crippen LogP contribution in [-0.2, 0) is 0 Å². The Labute approximate surface area is 108 Å². The lowest BCUT2D eigenvalue weighted by atomic mass is 10.0. The van der Waals surface area contributed by atoms with E-state index < -0.39 is 0 Å². The van der Waals surface area contributed by atoms with Crippen LogP contribution in [0.4, 0.5) is 10.2 Å². The Morgan fingerprint density at radius 2 is 2.33 bits per heavy atom. The van der Waals surface area contributed by atoms with Crippen molar-refractivity contribution in [2.75, 3.05) is 24.5 Å². The largest absolute Gasteiger partial charge is 0.352 e. The average molecular weight is 251 g/mol. The van der Waals surface area contributed by atoms with Crippen LogP contribution in [0.15, 0.2) is 18.3 Å². The fraction of sp³-hybridized carbons (Fsp3) is 0.643. The first-order chi connectivity index (χ1) is 8.81.